The Morgan fingerprint density at radius 1 is 1.15 bits per heavy atom. The Hall–Kier alpha value is -2.09. The van der Waals surface area contributed by atoms with Crippen molar-refractivity contribution < 1.29 is 17.9 Å². The minimum Gasteiger partial charge on any atom is -0.378 e. The van der Waals surface area contributed by atoms with E-state index in [1.165, 1.54) is 12.1 Å². The van der Waals surface area contributed by atoms with Gasteiger partial charge in [-0.15, -0.1) is 0 Å². The van der Waals surface area contributed by atoms with Crippen LogP contribution in [-0.2, 0) is 14.8 Å². The van der Waals surface area contributed by atoms with Crippen molar-refractivity contribution in [1.29, 1.82) is 0 Å². The van der Waals surface area contributed by atoms with E-state index in [0.717, 1.165) is 5.56 Å². The quantitative estimate of drug-likeness (QED) is 0.842. The summed E-state index contributed by atoms with van der Waals surface area (Å²) in [6.07, 6.45) is 0. The van der Waals surface area contributed by atoms with Gasteiger partial charge in [0.1, 0.15) is 0 Å². The molecule has 1 aliphatic heterocycles. The molecule has 144 valence electrons. The molecule has 27 heavy (non-hydrogen) atoms. The molecular formula is C19H21ClN2O4S. The zero-order chi connectivity index (χ0) is 19.6. The first-order valence-corrected chi connectivity index (χ1v) is 10.4. The van der Waals surface area contributed by atoms with Gasteiger partial charge in [-0.2, -0.15) is 0 Å². The zero-order valence-electron chi connectivity index (χ0n) is 15.2. The summed E-state index contributed by atoms with van der Waals surface area (Å²) in [5.74, 6) is -0.188. The van der Waals surface area contributed by atoms with Gasteiger partial charge in [0.15, 0.2) is 0 Å². The monoisotopic (exact) mass is 408 g/mol. The van der Waals surface area contributed by atoms with E-state index < -0.39 is 10.0 Å². The molecule has 0 aromatic heterocycles. The first-order chi connectivity index (χ1) is 12.8. The summed E-state index contributed by atoms with van der Waals surface area (Å²) in [5.41, 5.74) is 2.15. The zero-order valence-corrected chi connectivity index (χ0v) is 16.7. The van der Waals surface area contributed by atoms with E-state index in [-0.39, 0.29) is 10.8 Å². The van der Waals surface area contributed by atoms with Crippen LogP contribution in [0.15, 0.2) is 41.3 Å². The molecule has 1 saturated heterocycles. The number of nitrogens with zero attached hydrogens (tertiary/aromatic N) is 1. The highest BCUT2D eigenvalue weighted by Gasteiger charge is 2.23. The van der Waals surface area contributed by atoms with Crippen molar-refractivity contribution in [2.45, 2.75) is 18.7 Å². The van der Waals surface area contributed by atoms with Gasteiger partial charge in [0.25, 0.3) is 15.9 Å². The third kappa shape index (κ3) is 4.26. The van der Waals surface area contributed by atoms with Gasteiger partial charge in [0.05, 0.1) is 23.8 Å². The SMILES string of the molecule is Cc1ccc(S(=O)(=O)Nc2cccc(Cl)c2C)cc1C(=O)N1CCOCC1. The van der Waals surface area contributed by atoms with Crippen molar-refractivity contribution in [1.82, 2.24) is 4.90 Å². The lowest BCUT2D eigenvalue weighted by atomic mass is 10.1. The molecule has 0 aliphatic carbocycles. The third-order valence-electron chi connectivity index (χ3n) is 4.56. The van der Waals surface area contributed by atoms with Crippen LogP contribution in [0.3, 0.4) is 0 Å². The van der Waals surface area contributed by atoms with Gasteiger partial charge in [-0.25, -0.2) is 8.42 Å². The maximum atomic E-state index is 12.8. The summed E-state index contributed by atoms with van der Waals surface area (Å²) in [4.78, 5) is 14.5. The molecule has 1 amide bonds. The van der Waals surface area contributed by atoms with Gasteiger partial charge in [-0.1, -0.05) is 23.7 Å². The summed E-state index contributed by atoms with van der Waals surface area (Å²) in [5, 5.41) is 0.474. The highest BCUT2D eigenvalue weighted by atomic mass is 35.5. The molecule has 0 saturated carbocycles. The maximum absolute atomic E-state index is 12.8. The number of ether oxygens (including phenoxy) is 1. The molecule has 0 atom stereocenters. The van der Waals surface area contributed by atoms with E-state index in [9.17, 15) is 13.2 Å². The fraction of sp³-hybridized carbons (Fsp3) is 0.316. The van der Waals surface area contributed by atoms with Gasteiger partial charge in [0.2, 0.25) is 0 Å². The van der Waals surface area contributed by atoms with Crippen LogP contribution < -0.4 is 4.72 Å². The van der Waals surface area contributed by atoms with Crippen molar-refractivity contribution in [3.05, 3.63) is 58.1 Å². The molecule has 0 bridgehead atoms. The number of sulfonamides is 1. The number of carbonyl (C=O) groups excluding carboxylic acids is 1. The standard InChI is InChI=1S/C19H21ClN2O4S/c1-13-6-7-15(12-16(13)19(23)22-8-10-26-11-9-22)27(24,25)21-18-5-3-4-17(20)14(18)2/h3-7,12,21H,8-11H2,1-2H3. The summed E-state index contributed by atoms with van der Waals surface area (Å²) >= 11 is 6.07. The van der Waals surface area contributed by atoms with E-state index in [4.69, 9.17) is 16.3 Å². The number of anilines is 1. The largest absolute Gasteiger partial charge is 0.378 e. The molecule has 6 nitrogen and oxygen atoms in total. The number of rotatable bonds is 4. The van der Waals surface area contributed by atoms with Crippen molar-refractivity contribution in [3.63, 3.8) is 0 Å². The molecule has 1 heterocycles. The molecular weight excluding hydrogens is 388 g/mol. The number of aryl methyl sites for hydroxylation is 1. The number of hydrogen-bond donors (Lipinski definition) is 1. The molecule has 1 N–H and O–H groups in total. The van der Waals surface area contributed by atoms with Crippen LogP contribution in [0.2, 0.25) is 5.02 Å². The number of carbonyl (C=O) groups is 1. The maximum Gasteiger partial charge on any atom is 0.261 e. The van der Waals surface area contributed by atoms with Crippen molar-refractivity contribution in [2.75, 3.05) is 31.0 Å². The van der Waals surface area contributed by atoms with E-state index in [1.807, 2.05) is 0 Å². The number of halogens is 1. The molecule has 0 unspecified atom stereocenters. The summed E-state index contributed by atoms with van der Waals surface area (Å²) in [6.45, 7) is 5.49. The van der Waals surface area contributed by atoms with E-state index in [1.54, 1.807) is 43.0 Å². The first-order valence-electron chi connectivity index (χ1n) is 8.55. The molecule has 0 radical (unpaired) electrons. The van der Waals surface area contributed by atoms with Crippen LogP contribution in [-0.4, -0.2) is 45.5 Å². The number of hydrogen-bond acceptors (Lipinski definition) is 4. The summed E-state index contributed by atoms with van der Waals surface area (Å²) < 4.78 is 33.5. The number of nitrogens with one attached hydrogen (secondary N) is 1. The molecule has 8 heteroatoms. The Morgan fingerprint density at radius 2 is 1.85 bits per heavy atom. The van der Waals surface area contributed by atoms with Crippen LogP contribution in [0, 0.1) is 13.8 Å². The lowest BCUT2D eigenvalue weighted by Crippen LogP contribution is -2.41. The second kappa shape index (κ2) is 7.88. The van der Waals surface area contributed by atoms with Gasteiger partial charge >= 0.3 is 0 Å². The number of amides is 1. The Bertz CT molecular complexity index is 970. The highest BCUT2D eigenvalue weighted by Crippen LogP contribution is 2.26. The molecule has 3 rings (SSSR count). The molecule has 0 spiro atoms. The molecule has 1 fully saturated rings. The van der Waals surface area contributed by atoms with Crippen molar-refractivity contribution in [3.8, 4) is 0 Å². The van der Waals surface area contributed by atoms with E-state index in [0.29, 0.717) is 48.1 Å². The van der Waals surface area contributed by atoms with Gasteiger partial charge < -0.3 is 9.64 Å². The Labute approximate surface area is 164 Å². The van der Waals surface area contributed by atoms with Crippen LogP contribution in [0.5, 0.6) is 0 Å². The fourth-order valence-electron chi connectivity index (χ4n) is 2.86. The summed E-state index contributed by atoms with van der Waals surface area (Å²) in [7, 11) is -3.86. The lowest BCUT2D eigenvalue weighted by molar-refractivity contribution is 0.0302. The topological polar surface area (TPSA) is 75.7 Å². The number of morpholine rings is 1. The normalized spacial score (nSPS) is 14.9. The smallest absolute Gasteiger partial charge is 0.261 e. The minimum atomic E-state index is -3.86. The molecule has 1 aliphatic rings. The average molecular weight is 409 g/mol. The minimum absolute atomic E-state index is 0.0316. The molecule has 2 aromatic rings. The van der Waals surface area contributed by atoms with Crippen molar-refractivity contribution in [2.24, 2.45) is 0 Å². The van der Waals surface area contributed by atoms with Crippen LogP contribution >= 0.6 is 11.6 Å². The third-order valence-corrected chi connectivity index (χ3v) is 6.33. The fourth-order valence-corrected chi connectivity index (χ4v) is 4.18. The average Bonchev–Trinajstić information content (AvgIpc) is 2.66. The highest BCUT2D eigenvalue weighted by molar-refractivity contribution is 7.92. The van der Waals surface area contributed by atoms with Gasteiger partial charge in [-0.3, -0.25) is 9.52 Å². The van der Waals surface area contributed by atoms with Crippen LogP contribution in [0.1, 0.15) is 21.5 Å². The first kappa shape index (κ1) is 19.7. The lowest BCUT2D eigenvalue weighted by Gasteiger charge is -2.27. The Balaban J connectivity index is 1.92. The second-order valence-corrected chi connectivity index (χ2v) is 8.49. The molecule has 2 aromatic carbocycles. The van der Waals surface area contributed by atoms with Crippen LogP contribution in [0.25, 0.3) is 0 Å². The van der Waals surface area contributed by atoms with Crippen LogP contribution in [0.4, 0.5) is 5.69 Å². The van der Waals surface area contributed by atoms with Gasteiger partial charge in [-0.05, 0) is 49.2 Å². The Morgan fingerprint density at radius 3 is 2.56 bits per heavy atom. The number of benzene rings is 2. The predicted octanol–water partition coefficient (Wildman–Crippen LogP) is 3.23. The van der Waals surface area contributed by atoms with Gasteiger partial charge in [0, 0.05) is 23.7 Å². The predicted molar refractivity (Wildman–Crippen MR) is 105 cm³/mol. The van der Waals surface area contributed by atoms with E-state index >= 15 is 0 Å². The Kier molecular flexibility index (Phi) is 5.74. The van der Waals surface area contributed by atoms with Crippen molar-refractivity contribution >= 4 is 33.2 Å². The summed E-state index contributed by atoms with van der Waals surface area (Å²) in [6, 6.07) is 9.58. The second-order valence-electron chi connectivity index (χ2n) is 6.40. The van der Waals surface area contributed by atoms with E-state index in [2.05, 4.69) is 4.72 Å².